The normalized spacial score (nSPS) is 11.2. The molecule has 0 radical (unpaired) electrons. The van der Waals surface area contributed by atoms with Crippen molar-refractivity contribution in [1.82, 2.24) is 5.32 Å². The van der Waals surface area contributed by atoms with Crippen LogP contribution in [0.25, 0.3) is 10.8 Å². The maximum Gasteiger partial charge on any atom is 0.119 e. The van der Waals surface area contributed by atoms with Crippen molar-refractivity contribution in [2.75, 3.05) is 26.9 Å². The smallest absolute Gasteiger partial charge is 0.119 e. The maximum atomic E-state index is 5.55. The van der Waals surface area contributed by atoms with E-state index in [0.717, 1.165) is 32.1 Å². The highest BCUT2D eigenvalue weighted by Crippen LogP contribution is 2.21. The Kier molecular flexibility index (Phi) is 6.03. The van der Waals surface area contributed by atoms with Crippen molar-refractivity contribution in [3.63, 3.8) is 0 Å². The molecule has 0 heterocycles. The first-order chi connectivity index (χ1) is 10.2. The highest BCUT2D eigenvalue weighted by atomic mass is 16.5. The third-order valence-electron chi connectivity index (χ3n) is 3.32. The van der Waals surface area contributed by atoms with Gasteiger partial charge in [0.15, 0.2) is 0 Å². The second kappa shape index (κ2) is 8.01. The van der Waals surface area contributed by atoms with E-state index in [1.807, 2.05) is 6.07 Å². The summed E-state index contributed by atoms with van der Waals surface area (Å²) in [5.41, 5.74) is 1.29. The zero-order chi connectivity index (χ0) is 15.1. The summed E-state index contributed by atoms with van der Waals surface area (Å²) >= 11 is 0. The number of rotatable bonds is 8. The van der Waals surface area contributed by atoms with Crippen molar-refractivity contribution < 1.29 is 9.47 Å². The van der Waals surface area contributed by atoms with E-state index in [0.29, 0.717) is 5.92 Å². The van der Waals surface area contributed by atoms with E-state index >= 15 is 0 Å². The summed E-state index contributed by atoms with van der Waals surface area (Å²) in [6, 6.07) is 12.7. The molecular formula is C18H25NO2. The minimum Gasteiger partial charge on any atom is -0.497 e. The average molecular weight is 287 g/mol. The molecule has 0 amide bonds. The predicted octanol–water partition coefficient (Wildman–Crippen LogP) is 3.61. The molecule has 2 rings (SSSR count). The van der Waals surface area contributed by atoms with Crippen LogP contribution in [0.4, 0.5) is 0 Å². The summed E-state index contributed by atoms with van der Waals surface area (Å²) < 4.78 is 10.8. The minimum atomic E-state index is 0.600. The van der Waals surface area contributed by atoms with Crippen LogP contribution < -0.4 is 10.1 Å². The largest absolute Gasteiger partial charge is 0.497 e. The van der Waals surface area contributed by atoms with Crippen LogP contribution >= 0.6 is 0 Å². The number of ether oxygens (including phenoxy) is 2. The van der Waals surface area contributed by atoms with Crippen molar-refractivity contribution >= 4 is 10.8 Å². The molecule has 3 heteroatoms. The van der Waals surface area contributed by atoms with Gasteiger partial charge in [-0.15, -0.1) is 0 Å². The third-order valence-corrected chi connectivity index (χ3v) is 3.32. The molecular weight excluding hydrogens is 262 g/mol. The molecule has 3 nitrogen and oxygen atoms in total. The second-order valence-corrected chi connectivity index (χ2v) is 5.69. The van der Waals surface area contributed by atoms with Crippen LogP contribution in [0.1, 0.15) is 19.4 Å². The van der Waals surface area contributed by atoms with Gasteiger partial charge in [0.05, 0.1) is 13.7 Å². The van der Waals surface area contributed by atoms with E-state index in [1.165, 1.54) is 16.3 Å². The SMILES string of the molecule is COc1ccc2cc(CNCCOCC(C)C)ccc2c1. The number of nitrogens with one attached hydrogen (secondary N) is 1. The first-order valence-corrected chi connectivity index (χ1v) is 7.54. The fourth-order valence-electron chi connectivity index (χ4n) is 2.21. The molecule has 2 aromatic rings. The Balaban J connectivity index is 1.82. The number of hydrogen-bond donors (Lipinski definition) is 1. The van der Waals surface area contributed by atoms with Crippen molar-refractivity contribution in [2.45, 2.75) is 20.4 Å². The molecule has 114 valence electrons. The van der Waals surface area contributed by atoms with Gasteiger partial charge in [-0.05, 0) is 40.5 Å². The monoisotopic (exact) mass is 287 g/mol. The van der Waals surface area contributed by atoms with Gasteiger partial charge < -0.3 is 14.8 Å². The van der Waals surface area contributed by atoms with E-state index < -0.39 is 0 Å². The molecule has 0 saturated heterocycles. The highest BCUT2D eigenvalue weighted by Gasteiger charge is 1.99. The Morgan fingerprint density at radius 3 is 2.57 bits per heavy atom. The molecule has 0 aliphatic rings. The van der Waals surface area contributed by atoms with Crippen LogP contribution in [0, 0.1) is 5.92 Å². The van der Waals surface area contributed by atoms with Crippen LogP contribution in [-0.2, 0) is 11.3 Å². The first-order valence-electron chi connectivity index (χ1n) is 7.54. The summed E-state index contributed by atoms with van der Waals surface area (Å²) in [6.07, 6.45) is 0. The van der Waals surface area contributed by atoms with Gasteiger partial charge in [0, 0.05) is 19.7 Å². The second-order valence-electron chi connectivity index (χ2n) is 5.69. The van der Waals surface area contributed by atoms with E-state index in [1.54, 1.807) is 7.11 Å². The van der Waals surface area contributed by atoms with Crippen molar-refractivity contribution in [2.24, 2.45) is 5.92 Å². The topological polar surface area (TPSA) is 30.5 Å². The molecule has 0 saturated carbocycles. The van der Waals surface area contributed by atoms with E-state index in [9.17, 15) is 0 Å². The van der Waals surface area contributed by atoms with Crippen molar-refractivity contribution in [1.29, 1.82) is 0 Å². The summed E-state index contributed by atoms with van der Waals surface area (Å²) in [4.78, 5) is 0. The zero-order valence-electron chi connectivity index (χ0n) is 13.2. The molecule has 0 bridgehead atoms. The van der Waals surface area contributed by atoms with Gasteiger partial charge >= 0.3 is 0 Å². The summed E-state index contributed by atoms with van der Waals surface area (Å²) in [5, 5.41) is 5.86. The van der Waals surface area contributed by atoms with Crippen LogP contribution in [-0.4, -0.2) is 26.9 Å². The fourth-order valence-corrected chi connectivity index (χ4v) is 2.21. The van der Waals surface area contributed by atoms with Gasteiger partial charge in [-0.3, -0.25) is 0 Å². The Bertz CT molecular complexity index is 566. The van der Waals surface area contributed by atoms with Crippen LogP contribution in [0.2, 0.25) is 0 Å². The Labute approximate surface area is 127 Å². The van der Waals surface area contributed by atoms with Crippen LogP contribution in [0.3, 0.4) is 0 Å². The van der Waals surface area contributed by atoms with Gasteiger partial charge in [-0.1, -0.05) is 32.0 Å². The lowest BCUT2D eigenvalue weighted by Gasteiger charge is -2.09. The first kappa shape index (κ1) is 15.8. The minimum absolute atomic E-state index is 0.600. The third kappa shape index (κ3) is 5.03. The van der Waals surface area contributed by atoms with Gasteiger partial charge in [0.2, 0.25) is 0 Å². The fraction of sp³-hybridized carbons (Fsp3) is 0.444. The number of fused-ring (bicyclic) bond motifs is 1. The lowest BCUT2D eigenvalue weighted by Crippen LogP contribution is -2.20. The molecule has 0 aliphatic heterocycles. The zero-order valence-corrected chi connectivity index (χ0v) is 13.2. The Hall–Kier alpha value is -1.58. The lowest BCUT2D eigenvalue weighted by molar-refractivity contribution is 0.111. The van der Waals surface area contributed by atoms with Crippen LogP contribution in [0.5, 0.6) is 5.75 Å². The summed E-state index contributed by atoms with van der Waals surface area (Å²) in [6.45, 7) is 7.68. The van der Waals surface area contributed by atoms with Gasteiger partial charge in [-0.2, -0.15) is 0 Å². The number of hydrogen-bond acceptors (Lipinski definition) is 3. The molecule has 0 atom stereocenters. The molecule has 0 unspecified atom stereocenters. The molecule has 2 aromatic carbocycles. The number of methoxy groups -OCH3 is 1. The van der Waals surface area contributed by atoms with Crippen molar-refractivity contribution in [3.05, 3.63) is 42.0 Å². The maximum absolute atomic E-state index is 5.55. The Morgan fingerprint density at radius 1 is 1.05 bits per heavy atom. The molecule has 21 heavy (non-hydrogen) atoms. The number of benzene rings is 2. The predicted molar refractivity (Wildman–Crippen MR) is 87.9 cm³/mol. The van der Waals surface area contributed by atoms with Crippen molar-refractivity contribution in [3.8, 4) is 5.75 Å². The average Bonchev–Trinajstić information content (AvgIpc) is 2.49. The molecule has 0 fully saturated rings. The quantitative estimate of drug-likeness (QED) is 0.752. The van der Waals surface area contributed by atoms with Gasteiger partial charge in [0.1, 0.15) is 5.75 Å². The van der Waals surface area contributed by atoms with Crippen LogP contribution in [0.15, 0.2) is 36.4 Å². The molecule has 0 aromatic heterocycles. The lowest BCUT2D eigenvalue weighted by atomic mass is 10.1. The van der Waals surface area contributed by atoms with E-state index in [-0.39, 0.29) is 0 Å². The summed E-state index contributed by atoms with van der Waals surface area (Å²) in [7, 11) is 1.70. The molecule has 0 aliphatic carbocycles. The molecule has 0 spiro atoms. The summed E-state index contributed by atoms with van der Waals surface area (Å²) in [5.74, 6) is 1.50. The van der Waals surface area contributed by atoms with Gasteiger partial charge in [0.25, 0.3) is 0 Å². The highest BCUT2D eigenvalue weighted by molar-refractivity contribution is 5.84. The Morgan fingerprint density at radius 2 is 1.81 bits per heavy atom. The van der Waals surface area contributed by atoms with Gasteiger partial charge in [-0.25, -0.2) is 0 Å². The van der Waals surface area contributed by atoms with E-state index in [4.69, 9.17) is 9.47 Å². The standard InChI is InChI=1S/C18H25NO2/c1-14(2)13-21-9-8-19-12-15-4-5-17-11-18(20-3)7-6-16(17)10-15/h4-7,10-11,14,19H,8-9,12-13H2,1-3H3. The van der Waals surface area contributed by atoms with E-state index in [2.05, 4.69) is 49.5 Å². The molecule has 1 N–H and O–H groups in total.